The Bertz CT molecular complexity index is 856. The molecule has 0 fully saturated rings. The van der Waals surface area contributed by atoms with Crippen molar-refractivity contribution in [3.8, 4) is 17.2 Å². The first-order chi connectivity index (χ1) is 9.61. The maximum atomic E-state index is 13.8. The highest BCUT2D eigenvalue weighted by molar-refractivity contribution is 5.84. The van der Waals surface area contributed by atoms with E-state index in [2.05, 4.69) is 11.1 Å². The molecular weight excluding hydrogens is 253 g/mol. The van der Waals surface area contributed by atoms with Crippen molar-refractivity contribution in [3.63, 3.8) is 0 Å². The fraction of sp³-hybridized carbons (Fsp3) is 0.125. The van der Waals surface area contributed by atoms with E-state index in [4.69, 9.17) is 5.26 Å². The van der Waals surface area contributed by atoms with Gasteiger partial charge in [-0.3, -0.25) is 4.98 Å². The zero-order chi connectivity index (χ0) is 14.3. The number of hydrogen-bond acceptors (Lipinski definition) is 2. The number of nitriles is 1. The lowest BCUT2D eigenvalue weighted by Crippen LogP contribution is -1.94. The first-order valence-corrected chi connectivity index (χ1v) is 6.23. The molecule has 4 heteroatoms. The smallest absolute Gasteiger partial charge is 0.132 e. The Morgan fingerprint density at radius 1 is 1.30 bits per heavy atom. The maximum Gasteiger partial charge on any atom is 0.132 e. The Kier molecular flexibility index (Phi) is 2.76. The number of halogens is 1. The van der Waals surface area contributed by atoms with Gasteiger partial charge in [0.15, 0.2) is 0 Å². The molecule has 0 saturated heterocycles. The highest BCUT2D eigenvalue weighted by Crippen LogP contribution is 2.28. The molecule has 2 heterocycles. The van der Waals surface area contributed by atoms with Crippen molar-refractivity contribution in [2.75, 3.05) is 0 Å². The van der Waals surface area contributed by atoms with Crippen molar-refractivity contribution in [1.82, 2.24) is 9.55 Å². The van der Waals surface area contributed by atoms with Crippen LogP contribution in [0.15, 0.2) is 36.5 Å². The Morgan fingerprint density at radius 2 is 2.10 bits per heavy atom. The van der Waals surface area contributed by atoms with Gasteiger partial charge in [-0.05, 0) is 31.2 Å². The van der Waals surface area contributed by atoms with E-state index in [0.717, 1.165) is 16.8 Å². The minimum atomic E-state index is -0.286. The van der Waals surface area contributed by atoms with Gasteiger partial charge in [0.1, 0.15) is 17.6 Å². The Morgan fingerprint density at radius 3 is 2.80 bits per heavy atom. The summed E-state index contributed by atoms with van der Waals surface area (Å²) >= 11 is 0. The summed E-state index contributed by atoms with van der Waals surface area (Å²) in [5.41, 5.74) is 3.88. The Balaban J connectivity index is 2.26. The molecule has 0 atom stereocenters. The third-order valence-electron chi connectivity index (χ3n) is 3.63. The number of fused-ring (bicyclic) bond motifs is 1. The molecule has 0 spiro atoms. The molecule has 0 aliphatic rings. The van der Waals surface area contributed by atoms with Crippen LogP contribution >= 0.6 is 0 Å². The van der Waals surface area contributed by atoms with Crippen LogP contribution in [0.2, 0.25) is 0 Å². The van der Waals surface area contributed by atoms with Crippen molar-refractivity contribution in [2.45, 2.75) is 6.92 Å². The van der Waals surface area contributed by atoms with Gasteiger partial charge in [0.2, 0.25) is 0 Å². The summed E-state index contributed by atoms with van der Waals surface area (Å²) < 4.78 is 15.7. The van der Waals surface area contributed by atoms with E-state index >= 15 is 0 Å². The molecular formula is C16H12FN3. The number of nitrogens with zero attached hydrogens (tertiary/aromatic N) is 3. The van der Waals surface area contributed by atoms with E-state index < -0.39 is 0 Å². The largest absolute Gasteiger partial charge is 0.339 e. The summed E-state index contributed by atoms with van der Waals surface area (Å²) in [7, 11) is 1.84. The van der Waals surface area contributed by atoms with E-state index in [0.29, 0.717) is 16.6 Å². The molecule has 1 aromatic carbocycles. The Labute approximate surface area is 115 Å². The standard InChI is InChI=1S/C16H12FN3/c1-10-13(7-12(8-18)20(10)2)11-6-14-15(17)4-3-5-16(14)19-9-11/h3-7,9H,1-2H3. The molecule has 0 bridgehead atoms. The van der Waals surface area contributed by atoms with E-state index in [-0.39, 0.29) is 5.82 Å². The third-order valence-corrected chi connectivity index (χ3v) is 3.63. The number of benzene rings is 1. The fourth-order valence-corrected chi connectivity index (χ4v) is 2.36. The Hall–Kier alpha value is -2.67. The first kappa shape index (κ1) is 12.4. The van der Waals surface area contributed by atoms with Crippen LogP contribution in [0.1, 0.15) is 11.4 Å². The molecule has 0 aliphatic carbocycles. The highest BCUT2D eigenvalue weighted by atomic mass is 19.1. The van der Waals surface area contributed by atoms with Gasteiger partial charge in [-0.1, -0.05) is 6.07 Å². The van der Waals surface area contributed by atoms with E-state index in [1.807, 2.05) is 18.5 Å². The predicted octanol–water partition coefficient (Wildman–Crippen LogP) is 3.56. The summed E-state index contributed by atoms with van der Waals surface area (Å²) in [6, 6.07) is 10.6. The average molecular weight is 265 g/mol. The van der Waals surface area contributed by atoms with E-state index in [1.165, 1.54) is 6.07 Å². The van der Waals surface area contributed by atoms with Gasteiger partial charge in [0, 0.05) is 35.5 Å². The van der Waals surface area contributed by atoms with Gasteiger partial charge in [0.25, 0.3) is 0 Å². The van der Waals surface area contributed by atoms with Crippen LogP contribution in [0, 0.1) is 24.1 Å². The van der Waals surface area contributed by atoms with Crippen LogP contribution < -0.4 is 0 Å². The lowest BCUT2D eigenvalue weighted by molar-refractivity contribution is 0.639. The average Bonchev–Trinajstić information content (AvgIpc) is 2.75. The topological polar surface area (TPSA) is 41.6 Å². The van der Waals surface area contributed by atoms with Crippen LogP contribution in [-0.4, -0.2) is 9.55 Å². The number of pyridine rings is 1. The molecule has 98 valence electrons. The van der Waals surface area contributed by atoms with E-state index in [1.54, 1.807) is 30.5 Å². The molecule has 0 amide bonds. The van der Waals surface area contributed by atoms with Crippen molar-refractivity contribution in [2.24, 2.45) is 7.05 Å². The molecule has 0 unspecified atom stereocenters. The zero-order valence-corrected chi connectivity index (χ0v) is 11.2. The van der Waals surface area contributed by atoms with Gasteiger partial charge in [-0.2, -0.15) is 5.26 Å². The minimum absolute atomic E-state index is 0.286. The second-order valence-corrected chi connectivity index (χ2v) is 4.73. The summed E-state index contributed by atoms with van der Waals surface area (Å²) in [5.74, 6) is -0.286. The minimum Gasteiger partial charge on any atom is -0.339 e. The van der Waals surface area contributed by atoms with Crippen molar-refractivity contribution in [3.05, 3.63) is 53.7 Å². The van der Waals surface area contributed by atoms with Gasteiger partial charge in [0.05, 0.1) is 5.52 Å². The zero-order valence-electron chi connectivity index (χ0n) is 11.2. The molecule has 3 rings (SSSR count). The van der Waals surface area contributed by atoms with Crippen LogP contribution in [0.4, 0.5) is 4.39 Å². The van der Waals surface area contributed by atoms with Crippen LogP contribution in [-0.2, 0) is 7.05 Å². The summed E-state index contributed by atoms with van der Waals surface area (Å²) in [6.45, 7) is 1.93. The lowest BCUT2D eigenvalue weighted by atomic mass is 10.1. The fourth-order valence-electron chi connectivity index (χ4n) is 2.36. The van der Waals surface area contributed by atoms with Crippen molar-refractivity contribution < 1.29 is 4.39 Å². The highest BCUT2D eigenvalue weighted by Gasteiger charge is 2.12. The molecule has 0 aliphatic heterocycles. The van der Waals surface area contributed by atoms with Crippen LogP contribution in [0.5, 0.6) is 0 Å². The number of hydrogen-bond donors (Lipinski definition) is 0. The number of rotatable bonds is 1. The van der Waals surface area contributed by atoms with Gasteiger partial charge < -0.3 is 4.57 Å². The first-order valence-electron chi connectivity index (χ1n) is 6.23. The predicted molar refractivity (Wildman–Crippen MR) is 75.6 cm³/mol. The molecule has 2 aromatic heterocycles. The second-order valence-electron chi connectivity index (χ2n) is 4.73. The summed E-state index contributed by atoms with van der Waals surface area (Å²) in [5, 5.41) is 9.56. The molecule has 3 aromatic rings. The molecule has 20 heavy (non-hydrogen) atoms. The number of aromatic nitrogens is 2. The van der Waals surface area contributed by atoms with Gasteiger partial charge >= 0.3 is 0 Å². The van der Waals surface area contributed by atoms with Crippen molar-refractivity contribution in [1.29, 1.82) is 5.26 Å². The third kappa shape index (κ3) is 1.76. The van der Waals surface area contributed by atoms with Gasteiger partial charge in [-0.25, -0.2) is 4.39 Å². The summed E-state index contributed by atoms with van der Waals surface area (Å²) in [6.07, 6.45) is 1.71. The molecule has 3 nitrogen and oxygen atoms in total. The normalized spacial score (nSPS) is 10.7. The van der Waals surface area contributed by atoms with Crippen molar-refractivity contribution >= 4 is 10.9 Å². The maximum absolute atomic E-state index is 13.8. The molecule has 0 radical (unpaired) electrons. The van der Waals surface area contributed by atoms with Gasteiger partial charge in [-0.15, -0.1) is 0 Å². The molecule has 0 N–H and O–H groups in total. The molecule has 0 saturated carbocycles. The summed E-state index contributed by atoms with van der Waals surface area (Å²) in [4.78, 5) is 4.29. The van der Waals surface area contributed by atoms with Crippen LogP contribution in [0.3, 0.4) is 0 Å². The van der Waals surface area contributed by atoms with E-state index in [9.17, 15) is 4.39 Å². The quantitative estimate of drug-likeness (QED) is 0.675. The second kappa shape index (κ2) is 4.46. The monoisotopic (exact) mass is 265 g/mol. The SMILES string of the molecule is Cc1c(-c2cnc3cccc(F)c3c2)cc(C#N)n1C. The van der Waals surface area contributed by atoms with Crippen LogP contribution in [0.25, 0.3) is 22.0 Å². The lowest BCUT2D eigenvalue weighted by Gasteiger charge is -2.04.